The number of methoxy groups -OCH3 is 1. The smallest absolute Gasteiger partial charge is 0.0739 e. The van der Waals surface area contributed by atoms with Gasteiger partial charge in [0.2, 0.25) is 0 Å². The van der Waals surface area contributed by atoms with Gasteiger partial charge in [0.1, 0.15) is 0 Å². The molecule has 1 aromatic rings. The van der Waals surface area contributed by atoms with Crippen molar-refractivity contribution in [2.75, 3.05) is 20.2 Å². The number of nitrogens with one attached hydrogen (secondary N) is 1. The molecular weight excluding hydrogens is 210 g/mol. The zero-order chi connectivity index (χ0) is 10.7. The normalized spacial score (nSPS) is 25.7. The first-order chi connectivity index (χ1) is 7.29. The summed E-state index contributed by atoms with van der Waals surface area (Å²) in [4.78, 5) is 0. The molecule has 15 heavy (non-hydrogen) atoms. The molecule has 0 saturated carbocycles. The van der Waals surface area contributed by atoms with E-state index >= 15 is 0 Å². The third-order valence-electron chi connectivity index (χ3n) is 2.97. The van der Waals surface area contributed by atoms with Crippen LogP contribution in [0.25, 0.3) is 0 Å². The molecule has 82 valence electrons. The minimum atomic E-state index is 0.337. The lowest BCUT2D eigenvalue weighted by molar-refractivity contribution is 0.0832. The highest BCUT2D eigenvalue weighted by Gasteiger charge is 2.26. The molecule has 0 radical (unpaired) electrons. The first kappa shape index (κ1) is 10.9. The maximum Gasteiger partial charge on any atom is 0.0739 e. The summed E-state index contributed by atoms with van der Waals surface area (Å²) >= 11 is 5.95. The Bertz CT molecular complexity index is 329. The third-order valence-corrected chi connectivity index (χ3v) is 3.20. The Hall–Kier alpha value is -0.570. The van der Waals surface area contributed by atoms with Gasteiger partial charge in [-0.15, -0.1) is 0 Å². The fourth-order valence-corrected chi connectivity index (χ4v) is 2.37. The summed E-state index contributed by atoms with van der Waals surface area (Å²) in [6, 6.07) is 8.07. The SMILES string of the molecule is COC1CNCC1Cc1cccc(Cl)c1. The summed E-state index contributed by atoms with van der Waals surface area (Å²) < 4.78 is 5.43. The minimum Gasteiger partial charge on any atom is -0.380 e. The monoisotopic (exact) mass is 225 g/mol. The predicted molar refractivity (Wildman–Crippen MR) is 62.3 cm³/mol. The Morgan fingerprint density at radius 3 is 3.07 bits per heavy atom. The molecule has 2 atom stereocenters. The Kier molecular flexibility index (Phi) is 3.62. The van der Waals surface area contributed by atoms with Crippen LogP contribution in [0, 0.1) is 5.92 Å². The van der Waals surface area contributed by atoms with E-state index in [9.17, 15) is 0 Å². The van der Waals surface area contributed by atoms with Crippen molar-refractivity contribution in [3.05, 3.63) is 34.9 Å². The lowest BCUT2D eigenvalue weighted by atomic mass is 9.97. The standard InChI is InChI=1S/C12H16ClNO/c1-15-12-8-14-7-10(12)5-9-3-2-4-11(13)6-9/h2-4,6,10,12,14H,5,7-8H2,1H3. The van der Waals surface area contributed by atoms with Crippen LogP contribution in [-0.4, -0.2) is 26.3 Å². The van der Waals surface area contributed by atoms with Crippen molar-refractivity contribution in [2.45, 2.75) is 12.5 Å². The molecular formula is C12H16ClNO. The van der Waals surface area contributed by atoms with Crippen molar-refractivity contribution in [3.8, 4) is 0 Å². The molecule has 1 aromatic carbocycles. The number of hydrogen-bond donors (Lipinski definition) is 1. The van der Waals surface area contributed by atoms with Gasteiger partial charge in [-0.05, 0) is 24.1 Å². The Balaban J connectivity index is 2.02. The van der Waals surface area contributed by atoms with Crippen LogP contribution in [0.2, 0.25) is 5.02 Å². The molecule has 1 aliphatic rings. The van der Waals surface area contributed by atoms with Gasteiger partial charge in [-0.25, -0.2) is 0 Å². The van der Waals surface area contributed by atoms with E-state index in [-0.39, 0.29) is 0 Å². The average molecular weight is 226 g/mol. The molecule has 1 fully saturated rings. The molecule has 1 heterocycles. The molecule has 2 unspecified atom stereocenters. The predicted octanol–water partition coefficient (Wildman–Crippen LogP) is 2.12. The number of halogens is 1. The van der Waals surface area contributed by atoms with Gasteiger partial charge in [-0.2, -0.15) is 0 Å². The zero-order valence-corrected chi connectivity index (χ0v) is 9.63. The van der Waals surface area contributed by atoms with E-state index in [1.807, 2.05) is 18.2 Å². The summed E-state index contributed by atoms with van der Waals surface area (Å²) in [6.07, 6.45) is 1.37. The van der Waals surface area contributed by atoms with Crippen LogP contribution in [0.15, 0.2) is 24.3 Å². The largest absolute Gasteiger partial charge is 0.380 e. The second-order valence-corrected chi connectivity index (χ2v) is 4.46. The van der Waals surface area contributed by atoms with Crippen molar-refractivity contribution in [2.24, 2.45) is 5.92 Å². The van der Waals surface area contributed by atoms with Crippen molar-refractivity contribution in [1.29, 1.82) is 0 Å². The van der Waals surface area contributed by atoms with Crippen molar-refractivity contribution in [3.63, 3.8) is 0 Å². The summed E-state index contributed by atoms with van der Waals surface area (Å²) in [5.41, 5.74) is 1.29. The molecule has 1 saturated heterocycles. The highest BCUT2D eigenvalue weighted by atomic mass is 35.5. The lowest BCUT2D eigenvalue weighted by Gasteiger charge is -2.16. The first-order valence-electron chi connectivity index (χ1n) is 5.27. The third kappa shape index (κ3) is 2.71. The topological polar surface area (TPSA) is 21.3 Å². The molecule has 0 bridgehead atoms. The average Bonchev–Trinajstić information content (AvgIpc) is 2.65. The first-order valence-corrected chi connectivity index (χ1v) is 5.65. The number of rotatable bonds is 3. The van der Waals surface area contributed by atoms with Crippen molar-refractivity contribution >= 4 is 11.6 Å². The number of ether oxygens (including phenoxy) is 1. The summed E-state index contributed by atoms with van der Waals surface area (Å²) in [5.74, 6) is 0.563. The molecule has 2 nitrogen and oxygen atoms in total. The van der Waals surface area contributed by atoms with Crippen LogP contribution in [0.3, 0.4) is 0 Å². The van der Waals surface area contributed by atoms with Crippen LogP contribution in [0.1, 0.15) is 5.56 Å². The second kappa shape index (κ2) is 4.97. The zero-order valence-electron chi connectivity index (χ0n) is 8.87. The fourth-order valence-electron chi connectivity index (χ4n) is 2.16. The highest BCUT2D eigenvalue weighted by Crippen LogP contribution is 2.20. The molecule has 0 amide bonds. The van der Waals surface area contributed by atoms with Crippen LogP contribution < -0.4 is 5.32 Å². The maximum absolute atomic E-state index is 5.95. The number of benzene rings is 1. The molecule has 0 aliphatic carbocycles. The molecule has 0 spiro atoms. The lowest BCUT2D eigenvalue weighted by Crippen LogP contribution is -2.22. The van der Waals surface area contributed by atoms with Gasteiger partial charge < -0.3 is 10.1 Å². The molecule has 2 rings (SSSR count). The van der Waals surface area contributed by atoms with E-state index in [4.69, 9.17) is 16.3 Å². The Morgan fingerprint density at radius 2 is 2.33 bits per heavy atom. The van der Waals surface area contributed by atoms with E-state index in [1.54, 1.807) is 7.11 Å². The molecule has 1 N–H and O–H groups in total. The van der Waals surface area contributed by atoms with E-state index in [0.717, 1.165) is 24.5 Å². The van der Waals surface area contributed by atoms with Crippen LogP contribution in [0.4, 0.5) is 0 Å². The van der Waals surface area contributed by atoms with Crippen LogP contribution in [0.5, 0.6) is 0 Å². The Morgan fingerprint density at radius 1 is 1.47 bits per heavy atom. The summed E-state index contributed by atoms with van der Waals surface area (Å²) in [6.45, 7) is 1.99. The van der Waals surface area contributed by atoms with Gasteiger partial charge in [0, 0.05) is 31.1 Å². The van der Waals surface area contributed by atoms with Gasteiger partial charge in [-0.1, -0.05) is 23.7 Å². The van der Waals surface area contributed by atoms with Gasteiger partial charge in [0.15, 0.2) is 0 Å². The van der Waals surface area contributed by atoms with Gasteiger partial charge in [0.25, 0.3) is 0 Å². The number of hydrogen-bond acceptors (Lipinski definition) is 2. The molecule has 0 aromatic heterocycles. The fraction of sp³-hybridized carbons (Fsp3) is 0.500. The van der Waals surface area contributed by atoms with E-state index in [0.29, 0.717) is 12.0 Å². The quantitative estimate of drug-likeness (QED) is 0.851. The maximum atomic E-state index is 5.95. The molecule has 3 heteroatoms. The molecule has 1 aliphatic heterocycles. The highest BCUT2D eigenvalue weighted by molar-refractivity contribution is 6.30. The van der Waals surface area contributed by atoms with Gasteiger partial charge in [-0.3, -0.25) is 0 Å². The second-order valence-electron chi connectivity index (χ2n) is 4.03. The minimum absolute atomic E-state index is 0.337. The van der Waals surface area contributed by atoms with Crippen LogP contribution >= 0.6 is 11.6 Å². The summed E-state index contributed by atoms with van der Waals surface area (Å²) in [5, 5.41) is 4.16. The van der Waals surface area contributed by atoms with Crippen molar-refractivity contribution in [1.82, 2.24) is 5.32 Å². The Labute approximate surface area is 95.6 Å². The van der Waals surface area contributed by atoms with Crippen molar-refractivity contribution < 1.29 is 4.74 Å². The van der Waals surface area contributed by atoms with Gasteiger partial charge >= 0.3 is 0 Å². The van der Waals surface area contributed by atoms with Crippen LogP contribution in [-0.2, 0) is 11.2 Å². The van der Waals surface area contributed by atoms with E-state index in [2.05, 4.69) is 11.4 Å². The van der Waals surface area contributed by atoms with Gasteiger partial charge in [0.05, 0.1) is 6.10 Å². The van der Waals surface area contributed by atoms with E-state index in [1.165, 1.54) is 5.56 Å². The summed E-state index contributed by atoms with van der Waals surface area (Å²) in [7, 11) is 1.78. The van der Waals surface area contributed by atoms with E-state index < -0.39 is 0 Å².